The Morgan fingerprint density at radius 2 is 1.73 bits per heavy atom. The van der Waals surface area contributed by atoms with Crippen molar-refractivity contribution in [3.05, 3.63) is 95.1 Å². The van der Waals surface area contributed by atoms with Crippen molar-refractivity contribution in [3.8, 4) is 34.4 Å². The number of aromatic nitrogens is 5. The second-order valence-corrected chi connectivity index (χ2v) is 8.26. The van der Waals surface area contributed by atoms with Gasteiger partial charge in [-0.05, 0) is 23.8 Å². The average Bonchev–Trinajstić information content (AvgIpc) is 3.20. The molecule has 4 heterocycles. The number of alkyl halides is 2. The first-order valence-corrected chi connectivity index (χ1v) is 11.1. The van der Waals surface area contributed by atoms with Crippen LogP contribution in [-0.4, -0.2) is 30.8 Å². The fraction of sp³-hybridized carbons (Fsp3) is 0.115. The minimum Gasteiger partial charge on any atom is -0.437 e. The van der Waals surface area contributed by atoms with Gasteiger partial charge in [0.25, 0.3) is 5.56 Å². The first-order chi connectivity index (χ1) is 17.9. The summed E-state index contributed by atoms with van der Waals surface area (Å²) in [6, 6.07) is 15.7. The lowest BCUT2D eigenvalue weighted by atomic mass is 10.1. The SMILES string of the molecule is Cn1c(Cc2ccccc2)ncc(-c2ccc(Oc3ncnc4cc5c(cc34)OC(F)(F)O5)cn2)c1=O. The molecule has 5 aromatic rings. The number of nitrogens with zero attached hydrogens (tertiary/aromatic N) is 5. The van der Waals surface area contributed by atoms with Crippen molar-refractivity contribution in [2.75, 3.05) is 0 Å². The Kier molecular flexibility index (Phi) is 5.25. The molecule has 0 bridgehead atoms. The molecule has 0 N–H and O–H groups in total. The van der Waals surface area contributed by atoms with Gasteiger partial charge >= 0.3 is 6.29 Å². The Hall–Kier alpha value is -4.93. The Labute approximate surface area is 208 Å². The van der Waals surface area contributed by atoms with Crippen LogP contribution in [0, 0.1) is 0 Å². The monoisotopic (exact) mass is 501 g/mol. The van der Waals surface area contributed by atoms with Crippen LogP contribution in [0.1, 0.15) is 11.4 Å². The normalized spacial score (nSPS) is 13.6. The molecule has 37 heavy (non-hydrogen) atoms. The molecule has 0 radical (unpaired) electrons. The number of benzene rings is 2. The average molecular weight is 501 g/mol. The largest absolute Gasteiger partial charge is 0.586 e. The second kappa shape index (κ2) is 8.63. The summed E-state index contributed by atoms with van der Waals surface area (Å²) < 4.78 is 43.2. The van der Waals surface area contributed by atoms with Gasteiger partial charge in [0.15, 0.2) is 11.5 Å². The summed E-state index contributed by atoms with van der Waals surface area (Å²) in [5.74, 6) is 0.790. The van der Waals surface area contributed by atoms with Crippen molar-refractivity contribution >= 4 is 10.9 Å². The molecule has 1 aliphatic heterocycles. The Bertz CT molecular complexity index is 1690. The van der Waals surface area contributed by atoms with E-state index in [1.807, 2.05) is 30.3 Å². The van der Waals surface area contributed by atoms with E-state index in [-0.39, 0.29) is 22.9 Å². The van der Waals surface area contributed by atoms with E-state index in [1.165, 1.54) is 35.4 Å². The topological polar surface area (TPSA) is 101 Å². The summed E-state index contributed by atoms with van der Waals surface area (Å²) in [6.45, 7) is 0. The van der Waals surface area contributed by atoms with Crippen LogP contribution in [-0.2, 0) is 13.5 Å². The molecule has 0 amide bonds. The van der Waals surface area contributed by atoms with Gasteiger partial charge in [0.2, 0.25) is 5.88 Å². The second-order valence-electron chi connectivity index (χ2n) is 8.26. The Morgan fingerprint density at radius 3 is 2.49 bits per heavy atom. The third-order valence-corrected chi connectivity index (χ3v) is 5.82. The van der Waals surface area contributed by atoms with Gasteiger partial charge < -0.3 is 14.2 Å². The molecule has 0 unspecified atom stereocenters. The van der Waals surface area contributed by atoms with Gasteiger partial charge in [-0.1, -0.05) is 30.3 Å². The van der Waals surface area contributed by atoms with E-state index in [9.17, 15) is 13.6 Å². The highest BCUT2D eigenvalue weighted by atomic mass is 19.3. The van der Waals surface area contributed by atoms with E-state index < -0.39 is 6.29 Å². The predicted molar refractivity (Wildman–Crippen MR) is 128 cm³/mol. The third kappa shape index (κ3) is 4.31. The molecule has 2 aromatic carbocycles. The van der Waals surface area contributed by atoms with Gasteiger partial charge in [-0.15, -0.1) is 8.78 Å². The molecule has 0 fully saturated rings. The maximum absolute atomic E-state index is 13.4. The number of hydrogen-bond donors (Lipinski definition) is 0. The van der Waals surface area contributed by atoms with Crippen LogP contribution in [0.2, 0.25) is 0 Å². The maximum atomic E-state index is 13.4. The van der Waals surface area contributed by atoms with Crippen molar-refractivity contribution in [1.29, 1.82) is 0 Å². The lowest BCUT2D eigenvalue weighted by Crippen LogP contribution is -2.25. The molecule has 11 heteroatoms. The highest BCUT2D eigenvalue weighted by molar-refractivity contribution is 5.87. The van der Waals surface area contributed by atoms with Crippen LogP contribution in [0.3, 0.4) is 0 Å². The fourth-order valence-corrected chi connectivity index (χ4v) is 3.97. The van der Waals surface area contributed by atoms with Gasteiger partial charge in [0.1, 0.15) is 17.9 Å². The summed E-state index contributed by atoms with van der Waals surface area (Å²) in [5, 5.41) is 0.346. The zero-order valence-electron chi connectivity index (χ0n) is 19.3. The lowest BCUT2D eigenvalue weighted by Gasteiger charge is -2.10. The van der Waals surface area contributed by atoms with E-state index in [0.717, 1.165) is 5.56 Å². The highest BCUT2D eigenvalue weighted by Gasteiger charge is 2.43. The van der Waals surface area contributed by atoms with Crippen LogP contribution in [0.5, 0.6) is 23.1 Å². The quantitative estimate of drug-likeness (QED) is 0.347. The first-order valence-electron chi connectivity index (χ1n) is 11.1. The Morgan fingerprint density at radius 1 is 0.946 bits per heavy atom. The van der Waals surface area contributed by atoms with Crippen molar-refractivity contribution in [2.24, 2.45) is 7.05 Å². The molecule has 0 aliphatic carbocycles. The number of fused-ring (bicyclic) bond motifs is 2. The molecular formula is C26H17F2N5O4. The van der Waals surface area contributed by atoms with Gasteiger partial charge in [0, 0.05) is 25.7 Å². The van der Waals surface area contributed by atoms with E-state index in [1.54, 1.807) is 19.2 Å². The van der Waals surface area contributed by atoms with Crippen molar-refractivity contribution < 1.29 is 23.0 Å². The van der Waals surface area contributed by atoms with Crippen molar-refractivity contribution in [2.45, 2.75) is 12.7 Å². The van der Waals surface area contributed by atoms with Gasteiger partial charge in [0.05, 0.1) is 28.4 Å². The fourth-order valence-electron chi connectivity index (χ4n) is 3.97. The third-order valence-electron chi connectivity index (χ3n) is 5.82. The summed E-state index contributed by atoms with van der Waals surface area (Å²) in [5.41, 5.74) is 1.92. The van der Waals surface area contributed by atoms with Crippen molar-refractivity contribution in [1.82, 2.24) is 24.5 Å². The summed E-state index contributed by atoms with van der Waals surface area (Å²) >= 11 is 0. The molecular weight excluding hydrogens is 484 g/mol. The van der Waals surface area contributed by atoms with Crippen LogP contribution in [0.15, 0.2) is 78.1 Å². The molecule has 184 valence electrons. The first kappa shape index (κ1) is 22.5. The van der Waals surface area contributed by atoms with Gasteiger partial charge in [-0.25, -0.2) is 15.0 Å². The molecule has 0 spiro atoms. The van der Waals surface area contributed by atoms with Crippen LogP contribution >= 0.6 is 0 Å². The predicted octanol–water partition coefficient (Wildman–Crippen LogP) is 4.49. The number of rotatable bonds is 5. The van der Waals surface area contributed by atoms with E-state index in [0.29, 0.717) is 40.2 Å². The van der Waals surface area contributed by atoms with E-state index >= 15 is 0 Å². The zero-order chi connectivity index (χ0) is 25.6. The molecule has 1 aliphatic rings. The lowest BCUT2D eigenvalue weighted by molar-refractivity contribution is -0.286. The number of hydrogen-bond acceptors (Lipinski definition) is 8. The summed E-state index contributed by atoms with van der Waals surface area (Å²) in [7, 11) is 1.68. The van der Waals surface area contributed by atoms with Crippen LogP contribution in [0.4, 0.5) is 8.78 Å². The van der Waals surface area contributed by atoms with E-state index in [2.05, 4.69) is 29.4 Å². The Balaban J connectivity index is 1.26. The number of pyridine rings is 1. The number of halogens is 2. The maximum Gasteiger partial charge on any atom is 0.586 e. The van der Waals surface area contributed by atoms with E-state index in [4.69, 9.17) is 4.74 Å². The molecule has 6 rings (SSSR count). The van der Waals surface area contributed by atoms with Crippen LogP contribution in [0.25, 0.3) is 22.2 Å². The molecule has 9 nitrogen and oxygen atoms in total. The van der Waals surface area contributed by atoms with Crippen molar-refractivity contribution in [3.63, 3.8) is 0 Å². The zero-order valence-corrected chi connectivity index (χ0v) is 19.3. The van der Waals surface area contributed by atoms with Gasteiger partial charge in [-0.2, -0.15) is 0 Å². The standard InChI is InChI=1S/C26H17F2N5O4/c1-33-23(9-15-5-3-2-4-6-15)30-13-18(25(33)34)19-8-7-16(12-29-19)35-24-17-10-21-22(37-26(27,28)36-21)11-20(17)31-14-32-24/h2-8,10-14H,9H2,1H3. The molecule has 0 atom stereocenters. The summed E-state index contributed by atoms with van der Waals surface area (Å²) in [6.07, 6.45) is 0.964. The molecule has 0 saturated carbocycles. The minimum absolute atomic E-state index is 0.115. The minimum atomic E-state index is -3.75. The van der Waals surface area contributed by atoms with Gasteiger partial charge in [-0.3, -0.25) is 14.3 Å². The van der Waals surface area contributed by atoms with Crippen LogP contribution < -0.4 is 19.8 Å². The highest BCUT2D eigenvalue weighted by Crippen LogP contribution is 2.44. The summed E-state index contributed by atoms with van der Waals surface area (Å²) in [4.78, 5) is 30.0. The molecule has 3 aromatic heterocycles. The smallest absolute Gasteiger partial charge is 0.437 e. The number of ether oxygens (including phenoxy) is 3. The molecule has 0 saturated heterocycles.